The van der Waals surface area contributed by atoms with E-state index in [0.29, 0.717) is 24.2 Å². The highest BCUT2D eigenvalue weighted by Crippen LogP contribution is 2.38. The van der Waals surface area contributed by atoms with Gasteiger partial charge in [0.25, 0.3) is 5.56 Å². The number of pyridine rings is 1. The standard InChI is InChI=1S/C12H13N3O2/c1-8-3-2-6-15(12(8)16)7-10-13-11(17-14-10)9-4-5-9/h2-3,6,9H,4-5,7H2,1H3. The Morgan fingerprint density at radius 3 is 3.12 bits per heavy atom. The summed E-state index contributed by atoms with van der Waals surface area (Å²) in [4.78, 5) is 16.1. The van der Waals surface area contributed by atoms with Crippen molar-refractivity contribution in [1.29, 1.82) is 0 Å². The molecule has 1 aliphatic rings. The first kappa shape index (κ1) is 10.3. The topological polar surface area (TPSA) is 60.9 Å². The number of rotatable bonds is 3. The molecule has 0 saturated heterocycles. The predicted octanol–water partition coefficient (Wildman–Crippen LogP) is 1.47. The van der Waals surface area contributed by atoms with Crippen molar-refractivity contribution in [2.75, 3.05) is 0 Å². The molecule has 0 N–H and O–H groups in total. The fourth-order valence-corrected chi connectivity index (χ4v) is 1.76. The van der Waals surface area contributed by atoms with Crippen molar-refractivity contribution in [3.8, 4) is 0 Å². The fraction of sp³-hybridized carbons (Fsp3) is 0.417. The first-order valence-electron chi connectivity index (χ1n) is 5.72. The molecule has 0 unspecified atom stereocenters. The van der Waals surface area contributed by atoms with Crippen molar-refractivity contribution in [1.82, 2.24) is 14.7 Å². The minimum absolute atomic E-state index is 0.00901. The Labute approximate surface area is 98.1 Å². The monoisotopic (exact) mass is 231 g/mol. The zero-order valence-corrected chi connectivity index (χ0v) is 9.59. The summed E-state index contributed by atoms with van der Waals surface area (Å²) in [6, 6.07) is 3.64. The summed E-state index contributed by atoms with van der Waals surface area (Å²) in [6.45, 7) is 2.17. The molecular formula is C12H13N3O2. The highest BCUT2D eigenvalue weighted by molar-refractivity contribution is 5.09. The van der Waals surface area contributed by atoms with Gasteiger partial charge in [-0.05, 0) is 25.8 Å². The van der Waals surface area contributed by atoms with E-state index >= 15 is 0 Å². The smallest absolute Gasteiger partial charge is 0.253 e. The van der Waals surface area contributed by atoms with Gasteiger partial charge in [-0.2, -0.15) is 4.98 Å². The first-order chi connectivity index (χ1) is 8.24. The average Bonchev–Trinajstić information content (AvgIpc) is 3.06. The molecule has 2 heterocycles. The van der Waals surface area contributed by atoms with E-state index in [0.717, 1.165) is 18.4 Å². The lowest BCUT2D eigenvalue weighted by Gasteiger charge is -2.01. The minimum Gasteiger partial charge on any atom is -0.339 e. The predicted molar refractivity (Wildman–Crippen MR) is 60.8 cm³/mol. The van der Waals surface area contributed by atoms with Crippen LogP contribution >= 0.6 is 0 Å². The van der Waals surface area contributed by atoms with E-state index < -0.39 is 0 Å². The average molecular weight is 231 g/mol. The molecule has 1 fully saturated rings. The Bertz CT molecular complexity index is 596. The Morgan fingerprint density at radius 1 is 1.53 bits per heavy atom. The number of aromatic nitrogens is 3. The Balaban J connectivity index is 1.85. The van der Waals surface area contributed by atoms with Crippen molar-refractivity contribution in [3.63, 3.8) is 0 Å². The normalized spacial score (nSPS) is 15.1. The van der Waals surface area contributed by atoms with Crippen LogP contribution in [0.25, 0.3) is 0 Å². The Morgan fingerprint density at radius 2 is 2.35 bits per heavy atom. The molecule has 0 atom stereocenters. The molecule has 0 spiro atoms. The van der Waals surface area contributed by atoms with Crippen LogP contribution in [-0.2, 0) is 6.54 Å². The van der Waals surface area contributed by atoms with E-state index in [2.05, 4.69) is 10.1 Å². The van der Waals surface area contributed by atoms with E-state index in [4.69, 9.17) is 4.52 Å². The van der Waals surface area contributed by atoms with Crippen LogP contribution in [0.15, 0.2) is 27.6 Å². The molecule has 0 radical (unpaired) electrons. The van der Waals surface area contributed by atoms with Gasteiger partial charge in [0.15, 0.2) is 5.82 Å². The minimum atomic E-state index is -0.00901. The van der Waals surface area contributed by atoms with Gasteiger partial charge in [0, 0.05) is 17.7 Å². The van der Waals surface area contributed by atoms with Crippen LogP contribution in [0.3, 0.4) is 0 Å². The van der Waals surface area contributed by atoms with Crippen LogP contribution < -0.4 is 5.56 Å². The lowest BCUT2D eigenvalue weighted by molar-refractivity contribution is 0.373. The number of nitrogens with zero attached hydrogens (tertiary/aromatic N) is 3. The second-order valence-corrected chi connectivity index (χ2v) is 4.45. The van der Waals surface area contributed by atoms with Gasteiger partial charge in [0.2, 0.25) is 5.89 Å². The molecule has 5 heteroatoms. The van der Waals surface area contributed by atoms with Crippen LogP contribution in [-0.4, -0.2) is 14.7 Å². The summed E-state index contributed by atoms with van der Waals surface area (Å²) in [6.07, 6.45) is 4.00. The van der Waals surface area contributed by atoms with Crippen molar-refractivity contribution >= 4 is 0 Å². The third-order valence-electron chi connectivity index (χ3n) is 2.93. The van der Waals surface area contributed by atoms with Crippen LogP contribution in [0.2, 0.25) is 0 Å². The summed E-state index contributed by atoms with van der Waals surface area (Å²) in [5, 5.41) is 3.90. The fourth-order valence-electron chi connectivity index (χ4n) is 1.76. The van der Waals surface area contributed by atoms with Gasteiger partial charge >= 0.3 is 0 Å². The second-order valence-electron chi connectivity index (χ2n) is 4.45. The van der Waals surface area contributed by atoms with Crippen molar-refractivity contribution in [3.05, 3.63) is 46.0 Å². The van der Waals surface area contributed by atoms with E-state index in [1.165, 1.54) is 0 Å². The molecule has 1 aliphatic carbocycles. The number of aryl methyl sites for hydroxylation is 1. The quantitative estimate of drug-likeness (QED) is 0.802. The summed E-state index contributed by atoms with van der Waals surface area (Å²) in [7, 11) is 0. The van der Waals surface area contributed by atoms with E-state index in [1.807, 2.05) is 6.07 Å². The van der Waals surface area contributed by atoms with Gasteiger partial charge in [-0.3, -0.25) is 4.79 Å². The molecule has 2 aromatic heterocycles. The highest BCUT2D eigenvalue weighted by atomic mass is 16.5. The summed E-state index contributed by atoms with van der Waals surface area (Å²) < 4.78 is 6.75. The lowest BCUT2D eigenvalue weighted by Crippen LogP contribution is -2.22. The van der Waals surface area contributed by atoms with Crippen LogP contribution in [0.1, 0.15) is 36.0 Å². The number of hydrogen-bond acceptors (Lipinski definition) is 4. The molecular weight excluding hydrogens is 218 g/mol. The summed E-state index contributed by atoms with van der Waals surface area (Å²) in [5.74, 6) is 1.73. The molecule has 1 saturated carbocycles. The zero-order chi connectivity index (χ0) is 11.8. The molecule has 0 amide bonds. The van der Waals surface area contributed by atoms with Gasteiger partial charge in [0.1, 0.15) is 0 Å². The SMILES string of the molecule is Cc1cccn(Cc2noc(C3CC3)n2)c1=O. The summed E-state index contributed by atoms with van der Waals surface area (Å²) >= 11 is 0. The largest absolute Gasteiger partial charge is 0.339 e. The lowest BCUT2D eigenvalue weighted by atomic mass is 10.3. The van der Waals surface area contributed by atoms with Crippen molar-refractivity contribution in [2.24, 2.45) is 0 Å². The Kier molecular flexibility index (Phi) is 2.31. The van der Waals surface area contributed by atoms with Gasteiger partial charge in [-0.1, -0.05) is 11.2 Å². The number of hydrogen-bond donors (Lipinski definition) is 0. The zero-order valence-electron chi connectivity index (χ0n) is 9.59. The highest BCUT2D eigenvalue weighted by Gasteiger charge is 2.29. The van der Waals surface area contributed by atoms with E-state index in [1.54, 1.807) is 23.8 Å². The van der Waals surface area contributed by atoms with Gasteiger partial charge in [-0.25, -0.2) is 0 Å². The van der Waals surface area contributed by atoms with E-state index in [9.17, 15) is 4.79 Å². The van der Waals surface area contributed by atoms with Crippen LogP contribution in [0.4, 0.5) is 0 Å². The van der Waals surface area contributed by atoms with Gasteiger partial charge in [-0.15, -0.1) is 0 Å². The molecule has 5 nitrogen and oxygen atoms in total. The maximum absolute atomic E-state index is 11.8. The second kappa shape index (κ2) is 3.84. The Hall–Kier alpha value is -1.91. The first-order valence-corrected chi connectivity index (χ1v) is 5.72. The van der Waals surface area contributed by atoms with Crippen LogP contribution in [0, 0.1) is 6.92 Å². The van der Waals surface area contributed by atoms with Crippen LogP contribution in [0.5, 0.6) is 0 Å². The molecule has 88 valence electrons. The van der Waals surface area contributed by atoms with Crippen molar-refractivity contribution in [2.45, 2.75) is 32.2 Å². The maximum Gasteiger partial charge on any atom is 0.253 e. The third kappa shape index (κ3) is 2.00. The molecule has 3 rings (SSSR count). The molecule has 0 aromatic carbocycles. The third-order valence-corrected chi connectivity index (χ3v) is 2.93. The maximum atomic E-state index is 11.8. The van der Waals surface area contributed by atoms with Crippen molar-refractivity contribution < 1.29 is 4.52 Å². The molecule has 2 aromatic rings. The molecule has 0 aliphatic heterocycles. The molecule has 17 heavy (non-hydrogen) atoms. The van der Waals surface area contributed by atoms with Gasteiger partial charge in [0.05, 0.1) is 6.54 Å². The summed E-state index contributed by atoms with van der Waals surface area (Å²) in [5.41, 5.74) is 0.712. The molecule has 0 bridgehead atoms. The van der Waals surface area contributed by atoms with Gasteiger partial charge < -0.3 is 9.09 Å². The van der Waals surface area contributed by atoms with E-state index in [-0.39, 0.29) is 5.56 Å².